The minimum Gasteiger partial charge on any atom is -0.481 e. The van der Waals surface area contributed by atoms with Crippen molar-refractivity contribution < 1.29 is 14.8 Å². The predicted octanol–water partition coefficient (Wildman–Crippen LogP) is 3.03. The van der Waals surface area contributed by atoms with Crippen LogP contribution < -0.4 is 5.32 Å². The number of fused-ring (bicyclic) bond motifs is 1. The second-order valence-electron chi connectivity index (χ2n) is 4.89. The number of carboxylic acid groups (broad SMARTS) is 1. The Morgan fingerprint density at radius 2 is 2.14 bits per heavy atom. The standard InChI is InChI=1S/C13H15N3O4S/c1-6(13(17)18)7(2)14-9-4-10-12(21-8(3)15-10)5-11(9)16(19)20/h4-7,14H,1-3H3,(H,17,18). The quantitative estimate of drug-likeness (QED) is 0.649. The molecule has 0 fully saturated rings. The van der Waals surface area contributed by atoms with Crippen molar-refractivity contribution in [1.82, 2.24) is 4.98 Å². The molecule has 2 rings (SSSR count). The smallest absolute Gasteiger partial charge is 0.308 e. The Morgan fingerprint density at radius 1 is 1.48 bits per heavy atom. The number of nitrogens with zero attached hydrogens (tertiary/aromatic N) is 2. The molecule has 1 aromatic carbocycles. The van der Waals surface area contributed by atoms with Gasteiger partial charge in [-0.1, -0.05) is 0 Å². The number of nitro benzene ring substituents is 1. The first-order valence-electron chi connectivity index (χ1n) is 6.34. The Hall–Kier alpha value is -2.22. The summed E-state index contributed by atoms with van der Waals surface area (Å²) in [5, 5.41) is 23.9. The van der Waals surface area contributed by atoms with Gasteiger partial charge in [0.05, 0.1) is 26.1 Å². The fourth-order valence-corrected chi connectivity index (χ4v) is 2.77. The monoisotopic (exact) mass is 309 g/mol. The van der Waals surface area contributed by atoms with E-state index in [1.54, 1.807) is 19.9 Å². The lowest BCUT2D eigenvalue weighted by atomic mass is 10.0. The predicted molar refractivity (Wildman–Crippen MR) is 80.9 cm³/mol. The molecule has 0 bridgehead atoms. The van der Waals surface area contributed by atoms with Crippen LogP contribution in [0.4, 0.5) is 11.4 Å². The van der Waals surface area contributed by atoms with E-state index in [-0.39, 0.29) is 5.69 Å². The average molecular weight is 309 g/mol. The largest absolute Gasteiger partial charge is 0.481 e. The van der Waals surface area contributed by atoms with Gasteiger partial charge in [0.15, 0.2) is 0 Å². The van der Waals surface area contributed by atoms with Gasteiger partial charge in [0, 0.05) is 12.1 Å². The van der Waals surface area contributed by atoms with Crippen molar-refractivity contribution in [1.29, 1.82) is 0 Å². The molecular formula is C13H15N3O4S. The zero-order valence-corrected chi connectivity index (χ0v) is 12.6. The molecule has 0 saturated carbocycles. The third-order valence-electron chi connectivity index (χ3n) is 3.33. The normalized spacial score (nSPS) is 13.9. The molecular weight excluding hydrogens is 294 g/mol. The molecule has 1 heterocycles. The molecule has 2 atom stereocenters. The third kappa shape index (κ3) is 3.10. The van der Waals surface area contributed by atoms with Gasteiger partial charge in [0.1, 0.15) is 5.69 Å². The number of aliphatic carboxylic acids is 1. The lowest BCUT2D eigenvalue weighted by Crippen LogP contribution is -2.29. The third-order valence-corrected chi connectivity index (χ3v) is 4.27. The lowest BCUT2D eigenvalue weighted by molar-refractivity contribution is -0.383. The molecule has 0 amide bonds. The number of rotatable bonds is 5. The summed E-state index contributed by atoms with van der Waals surface area (Å²) in [6.07, 6.45) is 0. The van der Waals surface area contributed by atoms with Gasteiger partial charge < -0.3 is 10.4 Å². The molecule has 112 valence electrons. The summed E-state index contributed by atoms with van der Waals surface area (Å²) in [7, 11) is 0. The number of aryl methyl sites for hydroxylation is 1. The van der Waals surface area contributed by atoms with Crippen LogP contribution in [0.1, 0.15) is 18.9 Å². The number of carboxylic acids is 1. The highest BCUT2D eigenvalue weighted by molar-refractivity contribution is 7.18. The van der Waals surface area contributed by atoms with Crippen LogP contribution in [0.2, 0.25) is 0 Å². The SMILES string of the molecule is Cc1nc2cc(NC(C)C(C)C(=O)O)c([N+](=O)[O-])cc2s1. The number of anilines is 1. The van der Waals surface area contributed by atoms with Crippen LogP contribution in [0.5, 0.6) is 0 Å². The molecule has 0 aliphatic heterocycles. The Morgan fingerprint density at radius 3 is 2.71 bits per heavy atom. The molecule has 2 aromatic rings. The molecule has 2 N–H and O–H groups in total. The lowest BCUT2D eigenvalue weighted by Gasteiger charge is -2.18. The van der Waals surface area contributed by atoms with Crippen LogP contribution in [0.15, 0.2) is 12.1 Å². The number of nitro groups is 1. The van der Waals surface area contributed by atoms with E-state index in [9.17, 15) is 14.9 Å². The van der Waals surface area contributed by atoms with Gasteiger partial charge in [-0.2, -0.15) is 0 Å². The summed E-state index contributed by atoms with van der Waals surface area (Å²) < 4.78 is 0.740. The van der Waals surface area contributed by atoms with Gasteiger partial charge in [0.2, 0.25) is 0 Å². The van der Waals surface area contributed by atoms with Crippen molar-refractivity contribution >= 4 is 38.9 Å². The maximum Gasteiger partial charge on any atom is 0.308 e. The number of nitrogens with one attached hydrogen (secondary N) is 1. The summed E-state index contributed by atoms with van der Waals surface area (Å²) in [6, 6.07) is 2.63. The van der Waals surface area contributed by atoms with Gasteiger partial charge >= 0.3 is 5.97 Å². The summed E-state index contributed by atoms with van der Waals surface area (Å²) >= 11 is 1.39. The molecule has 0 aliphatic carbocycles. The number of hydrogen-bond acceptors (Lipinski definition) is 6. The number of aromatic nitrogens is 1. The first kappa shape index (κ1) is 15.2. The zero-order valence-electron chi connectivity index (χ0n) is 11.8. The van der Waals surface area contributed by atoms with Crippen LogP contribution in [-0.2, 0) is 4.79 Å². The maximum atomic E-state index is 11.2. The van der Waals surface area contributed by atoms with Crippen LogP contribution in [0.25, 0.3) is 10.2 Å². The zero-order chi connectivity index (χ0) is 15.7. The van der Waals surface area contributed by atoms with Crippen molar-refractivity contribution in [3.05, 3.63) is 27.3 Å². The molecule has 21 heavy (non-hydrogen) atoms. The summed E-state index contributed by atoms with van der Waals surface area (Å²) in [4.78, 5) is 26.0. The average Bonchev–Trinajstić information content (AvgIpc) is 2.75. The van der Waals surface area contributed by atoms with Crippen LogP contribution in [0, 0.1) is 23.0 Å². The Bertz CT molecular complexity index is 713. The van der Waals surface area contributed by atoms with Gasteiger partial charge in [0.25, 0.3) is 5.69 Å². The minimum absolute atomic E-state index is 0.0735. The van der Waals surface area contributed by atoms with E-state index in [4.69, 9.17) is 5.11 Å². The first-order chi connectivity index (χ1) is 9.79. The van der Waals surface area contributed by atoms with Crippen LogP contribution in [-0.4, -0.2) is 27.0 Å². The minimum atomic E-state index is -0.955. The molecule has 0 saturated heterocycles. The van der Waals surface area contributed by atoms with Crippen molar-refractivity contribution in [2.24, 2.45) is 5.92 Å². The van der Waals surface area contributed by atoms with E-state index < -0.39 is 22.9 Å². The summed E-state index contributed by atoms with van der Waals surface area (Å²) in [5.41, 5.74) is 0.884. The van der Waals surface area contributed by atoms with E-state index >= 15 is 0 Å². The van der Waals surface area contributed by atoms with Gasteiger partial charge in [-0.15, -0.1) is 11.3 Å². The molecule has 0 spiro atoms. The van der Waals surface area contributed by atoms with Crippen molar-refractivity contribution in [3.63, 3.8) is 0 Å². The fraction of sp³-hybridized carbons (Fsp3) is 0.385. The summed E-state index contributed by atoms with van der Waals surface area (Å²) in [5.74, 6) is -1.62. The highest BCUT2D eigenvalue weighted by atomic mass is 32.1. The highest BCUT2D eigenvalue weighted by Crippen LogP contribution is 2.33. The van der Waals surface area contributed by atoms with Gasteiger partial charge in [-0.3, -0.25) is 14.9 Å². The van der Waals surface area contributed by atoms with E-state index in [1.807, 2.05) is 6.92 Å². The molecule has 7 nitrogen and oxygen atoms in total. The second kappa shape index (κ2) is 5.65. The highest BCUT2D eigenvalue weighted by Gasteiger charge is 2.23. The first-order valence-corrected chi connectivity index (χ1v) is 7.16. The molecule has 0 radical (unpaired) electrons. The summed E-state index contributed by atoms with van der Waals surface area (Å²) in [6.45, 7) is 5.06. The number of thiazole rings is 1. The Balaban J connectivity index is 2.43. The molecule has 2 unspecified atom stereocenters. The number of hydrogen-bond donors (Lipinski definition) is 2. The number of benzene rings is 1. The van der Waals surface area contributed by atoms with Crippen molar-refractivity contribution in [3.8, 4) is 0 Å². The van der Waals surface area contributed by atoms with E-state index in [0.29, 0.717) is 11.2 Å². The van der Waals surface area contributed by atoms with Crippen LogP contribution >= 0.6 is 11.3 Å². The van der Waals surface area contributed by atoms with E-state index in [1.165, 1.54) is 17.4 Å². The Labute approximate surface area is 124 Å². The Kier molecular flexibility index (Phi) is 4.08. The van der Waals surface area contributed by atoms with Crippen LogP contribution in [0.3, 0.4) is 0 Å². The van der Waals surface area contributed by atoms with Crippen molar-refractivity contribution in [2.45, 2.75) is 26.8 Å². The van der Waals surface area contributed by atoms with Gasteiger partial charge in [-0.25, -0.2) is 4.98 Å². The molecule has 0 aliphatic rings. The van der Waals surface area contributed by atoms with E-state index in [0.717, 1.165) is 9.71 Å². The molecule has 1 aromatic heterocycles. The maximum absolute atomic E-state index is 11.2. The topological polar surface area (TPSA) is 105 Å². The fourth-order valence-electron chi connectivity index (χ4n) is 1.93. The molecule has 8 heteroatoms. The van der Waals surface area contributed by atoms with Gasteiger partial charge in [-0.05, 0) is 26.8 Å². The number of carbonyl (C=O) groups is 1. The second-order valence-corrected chi connectivity index (χ2v) is 6.12. The van der Waals surface area contributed by atoms with E-state index in [2.05, 4.69) is 10.3 Å². The van der Waals surface area contributed by atoms with Crippen molar-refractivity contribution in [2.75, 3.05) is 5.32 Å².